The van der Waals surface area contributed by atoms with Crippen LogP contribution in [-0.4, -0.2) is 26.4 Å². The molecule has 122 valence electrons. The van der Waals surface area contributed by atoms with Crippen molar-refractivity contribution in [3.63, 3.8) is 0 Å². The fourth-order valence-corrected chi connectivity index (χ4v) is 4.72. The molecule has 1 atom stereocenters. The van der Waals surface area contributed by atoms with Gasteiger partial charge in [0, 0.05) is 17.5 Å². The maximum absolute atomic E-state index is 12.7. The number of nitrogens with zero attached hydrogens (tertiary/aromatic N) is 4. The maximum Gasteiger partial charge on any atom is 0.278 e. The highest BCUT2D eigenvalue weighted by atomic mass is 32.1. The van der Waals surface area contributed by atoms with Gasteiger partial charge in [0.2, 0.25) is 0 Å². The van der Waals surface area contributed by atoms with E-state index in [0.29, 0.717) is 23.6 Å². The summed E-state index contributed by atoms with van der Waals surface area (Å²) in [5.74, 6) is 0.725. The molecule has 0 N–H and O–H groups in total. The van der Waals surface area contributed by atoms with Gasteiger partial charge >= 0.3 is 0 Å². The van der Waals surface area contributed by atoms with Gasteiger partial charge in [0.1, 0.15) is 5.52 Å². The lowest BCUT2D eigenvalue weighted by atomic mass is 9.96. The van der Waals surface area contributed by atoms with Crippen LogP contribution in [0.15, 0.2) is 40.5 Å². The molecule has 0 spiro atoms. The van der Waals surface area contributed by atoms with Crippen LogP contribution in [0.4, 0.5) is 0 Å². The van der Waals surface area contributed by atoms with Gasteiger partial charge in [0.05, 0.1) is 12.1 Å². The third-order valence-corrected chi connectivity index (χ3v) is 6.13. The highest BCUT2D eigenvalue weighted by Gasteiger charge is 2.40. The Balaban J connectivity index is 1.51. The molecular weight excluding hydrogens is 320 g/mol. The van der Waals surface area contributed by atoms with Crippen molar-refractivity contribution >= 4 is 22.2 Å². The molecule has 2 aromatic heterocycles. The lowest BCUT2D eigenvalue weighted by Crippen LogP contribution is -2.40. The minimum atomic E-state index is -0.0498. The summed E-state index contributed by atoms with van der Waals surface area (Å²) in [6, 6.07) is 10.1. The van der Waals surface area contributed by atoms with Crippen LogP contribution in [0.3, 0.4) is 0 Å². The molecule has 24 heavy (non-hydrogen) atoms. The van der Waals surface area contributed by atoms with Gasteiger partial charge in [-0.15, -0.1) is 16.4 Å². The van der Waals surface area contributed by atoms with Crippen LogP contribution >= 0.6 is 11.3 Å². The van der Waals surface area contributed by atoms with Crippen molar-refractivity contribution in [3.05, 3.63) is 56.5 Å². The van der Waals surface area contributed by atoms with E-state index < -0.39 is 0 Å². The van der Waals surface area contributed by atoms with Crippen molar-refractivity contribution in [2.75, 3.05) is 6.54 Å². The number of thiophene rings is 1. The molecule has 3 heterocycles. The molecule has 1 fully saturated rings. The van der Waals surface area contributed by atoms with Gasteiger partial charge in [0.15, 0.2) is 0 Å². The van der Waals surface area contributed by atoms with Gasteiger partial charge in [-0.25, -0.2) is 0 Å². The average Bonchev–Trinajstić information content (AvgIpc) is 3.33. The molecule has 0 amide bonds. The minimum Gasteiger partial charge on any atom is -0.276 e. The number of hydrogen-bond donors (Lipinski definition) is 0. The third-order valence-electron chi connectivity index (χ3n) is 5.13. The Labute approximate surface area is 143 Å². The second kappa shape index (κ2) is 5.50. The molecule has 1 aromatic carbocycles. The summed E-state index contributed by atoms with van der Waals surface area (Å²) >= 11 is 1.86. The molecule has 5 nitrogen and oxygen atoms in total. The van der Waals surface area contributed by atoms with Crippen LogP contribution in [-0.2, 0) is 13.1 Å². The van der Waals surface area contributed by atoms with Crippen molar-refractivity contribution in [3.8, 4) is 0 Å². The Morgan fingerprint density at radius 3 is 2.96 bits per heavy atom. The van der Waals surface area contributed by atoms with E-state index in [4.69, 9.17) is 0 Å². The molecule has 0 unspecified atom stereocenters. The largest absolute Gasteiger partial charge is 0.278 e. The summed E-state index contributed by atoms with van der Waals surface area (Å²) < 4.78 is 1.52. The minimum absolute atomic E-state index is 0.0498. The quantitative estimate of drug-likeness (QED) is 0.737. The number of benzene rings is 1. The molecule has 2 aliphatic rings. The molecule has 5 rings (SSSR count). The third kappa shape index (κ3) is 2.29. The van der Waals surface area contributed by atoms with Crippen molar-refractivity contribution in [2.45, 2.75) is 32.0 Å². The van der Waals surface area contributed by atoms with Crippen molar-refractivity contribution in [1.82, 2.24) is 19.9 Å². The fourth-order valence-electron chi connectivity index (χ4n) is 3.81. The van der Waals surface area contributed by atoms with Gasteiger partial charge in [0.25, 0.3) is 5.56 Å². The standard InChI is InChI=1S/C18H18N4OS/c23-18-13-3-1-2-4-15(13)19-20-22(18)11-21-9-7-16-14(8-10-24-16)17(21)12-5-6-12/h1-4,8,10,12,17H,5-7,9,11H2/t17-/m0/s1. The van der Waals surface area contributed by atoms with Gasteiger partial charge in [-0.2, -0.15) is 4.68 Å². The van der Waals surface area contributed by atoms with Gasteiger partial charge in [-0.1, -0.05) is 17.3 Å². The van der Waals surface area contributed by atoms with Gasteiger partial charge < -0.3 is 0 Å². The van der Waals surface area contributed by atoms with E-state index in [-0.39, 0.29) is 5.56 Å². The Hall–Kier alpha value is -2.05. The van der Waals surface area contributed by atoms with Crippen LogP contribution in [0.5, 0.6) is 0 Å². The zero-order chi connectivity index (χ0) is 16.1. The lowest BCUT2D eigenvalue weighted by Gasteiger charge is -2.35. The van der Waals surface area contributed by atoms with E-state index in [2.05, 4.69) is 26.7 Å². The van der Waals surface area contributed by atoms with E-state index in [0.717, 1.165) is 18.9 Å². The Morgan fingerprint density at radius 2 is 2.08 bits per heavy atom. The van der Waals surface area contributed by atoms with Crippen molar-refractivity contribution in [2.24, 2.45) is 5.92 Å². The SMILES string of the molecule is O=c1c2ccccc2nnn1CN1CCc2sccc2[C@@H]1C1CC1. The first-order chi connectivity index (χ1) is 11.8. The Kier molecular flexibility index (Phi) is 3.28. The van der Waals surface area contributed by atoms with Crippen molar-refractivity contribution < 1.29 is 0 Å². The molecule has 0 saturated heterocycles. The van der Waals surface area contributed by atoms with Crippen molar-refractivity contribution in [1.29, 1.82) is 0 Å². The van der Waals surface area contributed by atoms with Crippen LogP contribution in [0.1, 0.15) is 29.3 Å². The van der Waals surface area contributed by atoms with E-state index in [1.165, 1.54) is 28.0 Å². The first-order valence-corrected chi connectivity index (χ1v) is 9.32. The van der Waals surface area contributed by atoms with E-state index in [1.807, 2.05) is 35.6 Å². The zero-order valence-corrected chi connectivity index (χ0v) is 14.1. The molecule has 6 heteroatoms. The Bertz CT molecular complexity index is 959. The molecular formula is C18H18N4OS. The molecule has 1 aliphatic heterocycles. The second-order valence-electron chi connectivity index (χ2n) is 6.70. The number of hydrogen-bond acceptors (Lipinski definition) is 5. The number of aromatic nitrogens is 3. The van der Waals surface area contributed by atoms with Crippen LogP contribution < -0.4 is 5.56 Å². The molecule has 3 aromatic rings. The summed E-state index contributed by atoms with van der Waals surface area (Å²) in [6.45, 7) is 1.50. The van der Waals surface area contributed by atoms with Crippen LogP contribution in [0.2, 0.25) is 0 Å². The summed E-state index contributed by atoms with van der Waals surface area (Å²) in [4.78, 5) is 16.7. The molecule has 1 aliphatic carbocycles. The van der Waals surface area contributed by atoms with Crippen LogP contribution in [0.25, 0.3) is 10.9 Å². The van der Waals surface area contributed by atoms with Gasteiger partial charge in [-0.3, -0.25) is 9.69 Å². The first kappa shape index (κ1) is 14.3. The Morgan fingerprint density at radius 1 is 1.21 bits per heavy atom. The topological polar surface area (TPSA) is 51.0 Å². The number of rotatable bonds is 3. The monoisotopic (exact) mass is 338 g/mol. The zero-order valence-electron chi connectivity index (χ0n) is 13.3. The maximum atomic E-state index is 12.7. The normalized spacial score (nSPS) is 21.1. The predicted octanol–water partition coefficient (Wildman–Crippen LogP) is 2.82. The van der Waals surface area contributed by atoms with Crippen LogP contribution in [0, 0.1) is 5.92 Å². The highest BCUT2D eigenvalue weighted by Crippen LogP contribution is 2.48. The summed E-state index contributed by atoms with van der Waals surface area (Å²) in [7, 11) is 0. The first-order valence-electron chi connectivity index (χ1n) is 8.44. The summed E-state index contributed by atoms with van der Waals surface area (Å²) in [5, 5.41) is 11.2. The molecule has 0 bridgehead atoms. The highest BCUT2D eigenvalue weighted by molar-refractivity contribution is 7.10. The predicted molar refractivity (Wildman–Crippen MR) is 94.0 cm³/mol. The lowest BCUT2D eigenvalue weighted by molar-refractivity contribution is 0.114. The van der Waals surface area contributed by atoms with E-state index in [1.54, 1.807) is 0 Å². The van der Waals surface area contributed by atoms with Gasteiger partial charge in [-0.05, 0) is 54.3 Å². The average molecular weight is 338 g/mol. The molecule has 0 radical (unpaired) electrons. The summed E-state index contributed by atoms with van der Waals surface area (Å²) in [5.41, 5.74) is 2.08. The summed E-state index contributed by atoms with van der Waals surface area (Å²) in [6.07, 6.45) is 3.63. The second-order valence-corrected chi connectivity index (χ2v) is 7.70. The molecule has 1 saturated carbocycles. The van der Waals surface area contributed by atoms with E-state index in [9.17, 15) is 4.79 Å². The fraction of sp³-hybridized carbons (Fsp3) is 0.389. The smallest absolute Gasteiger partial charge is 0.276 e. The van der Waals surface area contributed by atoms with E-state index >= 15 is 0 Å². The number of fused-ring (bicyclic) bond motifs is 2.